The van der Waals surface area contributed by atoms with Crippen molar-refractivity contribution in [2.24, 2.45) is 0 Å². The Balaban J connectivity index is 2.20. The molecule has 0 unspecified atom stereocenters. The molecule has 3 nitrogen and oxygen atoms in total. The maximum absolute atomic E-state index is 6.57. The molecular weight excluding hydrogens is 274 g/mol. The number of para-hydroxylation sites is 1. The molecule has 0 spiro atoms. The van der Waals surface area contributed by atoms with E-state index in [4.69, 9.17) is 20.8 Å². The van der Waals surface area contributed by atoms with Crippen molar-refractivity contribution in [2.45, 2.75) is 0 Å². The minimum absolute atomic E-state index is 0.564. The van der Waals surface area contributed by atoms with Gasteiger partial charge in [-0.3, -0.25) is 0 Å². The molecular formula is C16H10ClNO2. The monoisotopic (exact) mass is 283 g/mol. The molecule has 2 heterocycles. The van der Waals surface area contributed by atoms with Gasteiger partial charge in [0.25, 0.3) is 0 Å². The molecule has 0 radical (unpaired) electrons. The molecule has 2 aromatic rings. The van der Waals surface area contributed by atoms with Crippen LogP contribution < -0.4 is 4.74 Å². The first-order chi connectivity index (χ1) is 9.78. The summed E-state index contributed by atoms with van der Waals surface area (Å²) in [5.74, 6) is 1.31. The van der Waals surface area contributed by atoms with E-state index in [9.17, 15) is 0 Å². The highest BCUT2D eigenvalue weighted by Crippen LogP contribution is 2.42. The van der Waals surface area contributed by atoms with Crippen LogP contribution in [0, 0.1) is 0 Å². The van der Waals surface area contributed by atoms with Crippen molar-refractivity contribution in [3.05, 3.63) is 47.5 Å². The Bertz CT molecular complexity index is 913. The first kappa shape index (κ1) is 11.6. The van der Waals surface area contributed by atoms with E-state index in [0.29, 0.717) is 16.5 Å². The summed E-state index contributed by atoms with van der Waals surface area (Å²) in [6, 6.07) is 13.4. The summed E-state index contributed by atoms with van der Waals surface area (Å²) in [6.07, 6.45) is 0. The van der Waals surface area contributed by atoms with Crippen LogP contribution in [0.2, 0.25) is 5.02 Å². The molecule has 2 aliphatic heterocycles. The van der Waals surface area contributed by atoms with Gasteiger partial charge in [0.2, 0.25) is 5.89 Å². The second-order valence-corrected chi connectivity index (χ2v) is 4.97. The van der Waals surface area contributed by atoms with E-state index in [1.54, 1.807) is 7.11 Å². The largest absolute Gasteiger partial charge is 0.497 e. The molecule has 0 atom stereocenters. The number of aromatic nitrogens is 1. The third-order valence-corrected chi connectivity index (χ3v) is 3.85. The predicted octanol–water partition coefficient (Wildman–Crippen LogP) is 4.75. The lowest BCUT2D eigenvalue weighted by molar-refractivity contribution is 0.415. The lowest BCUT2D eigenvalue weighted by Crippen LogP contribution is -1.86. The fourth-order valence-electron chi connectivity index (χ4n) is 2.48. The molecule has 0 saturated heterocycles. The molecule has 20 heavy (non-hydrogen) atoms. The SMILES string of the molecule is COc1ccc2oc3nc4ccccc4c-3c(Cl)c2c1. The number of rotatable bonds is 1. The first-order valence-corrected chi connectivity index (χ1v) is 6.60. The quantitative estimate of drug-likeness (QED) is 0.506. The van der Waals surface area contributed by atoms with Gasteiger partial charge in [0, 0.05) is 10.8 Å². The Morgan fingerprint density at radius 1 is 1.10 bits per heavy atom. The lowest BCUT2D eigenvalue weighted by Gasteiger charge is -2.07. The van der Waals surface area contributed by atoms with Gasteiger partial charge in [-0.05, 0) is 24.3 Å². The van der Waals surface area contributed by atoms with Gasteiger partial charge in [-0.2, -0.15) is 0 Å². The number of benzene rings is 2. The number of ether oxygens (including phenoxy) is 1. The average Bonchev–Trinajstić information content (AvgIpc) is 2.85. The van der Waals surface area contributed by atoms with E-state index < -0.39 is 0 Å². The zero-order valence-electron chi connectivity index (χ0n) is 10.7. The van der Waals surface area contributed by atoms with E-state index in [1.165, 1.54) is 0 Å². The van der Waals surface area contributed by atoms with E-state index in [1.807, 2.05) is 42.5 Å². The smallest absolute Gasteiger partial charge is 0.229 e. The molecule has 0 aromatic heterocycles. The van der Waals surface area contributed by atoms with Crippen molar-refractivity contribution in [3.8, 4) is 17.2 Å². The van der Waals surface area contributed by atoms with Crippen molar-refractivity contribution in [1.82, 2.24) is 4.98 Å². The lowest BCUT2D eigenvalue weighted by atomic mass is 10.1. The molecule has 0 bridgehead atoms. The third kappa shape index (κ3) is 1.50. The van der Waals surface area contributed by atoms with Gasteiger partial charge < -0.3 is 9.15 Å². The minimum atomic E-state index is 0.564. The molecule has 2 aliphatic rings. The van der Waals surface area contributed by atoms with E-state index in [2.05, 4.69) is 4.98 Å². The Morgan fingerprint density at radius 2 is 1.95 bits per heavy atom. The van der Waals surface area contributed by atoms with Crippen molar-refractivity contribution in [3.63, 3.8) is 0 Å². The summed E-state index contributed by atoms with van der Waals surface area (Å²) in [5, 5.41) is 2.48. The van der Waals surface area contributed by atoms with Gasteiger partial charge in [-0.25, -0.2) is 4.98 Å². The van der Waals surface area contributed by atoms with Crippen LogP contribution in [0.1, 0.15) is 0 Å². The summed E-state index contributed by atoms with van der Waals surface area (Å²) >= 11 is 6.57. The molecule has 0 amide bonds. The molecule has 98 valence electrons. The Kier molecular flexibility index (Phi) is 2.38. The Labute approximate surface area is 120 Å². The maximum Gasteiger partial charge on any atom is 0.229 e. The standard InChI is InChI=1S/C16H10ClNO2/c1-19-9-6-7-13-11(8-9)15(17)14-10-4-2-3-5-12(10)18-16(14)20-13/h2-8H,1H3. The molecule has 0 aliphatic carbocycles. The first-order valence-electron chi connectivity index (χ1n) is 6.22. The molecule has 0 fully saturated rings. The van der Waals surface area contributed by atoms with E-state index in [-0.39, 0.29) is 0 Å². The van der Waals surface area contributed by atoms with Crippen LogP contribution >= 0.6 is 11.6 Å². The van der Waals surface area contributed by atoms with Crippen molar-refractivity contribution in [1.29, 1.82) is 0 Å². The fraction of sp³-hybridized carbons (Fsp3) is 0.0625. The molecule has 0 N–H and O–H groups in total. The van der Waals surface area contributed by atoms with E-state index in [0.717, 1.165) is 27.6 Å². The topological polar surface area (TPSA) is 35.3 Å². The van der Waals surface area contributed by atoms with Crippen LogP contribution in [-0.4, -0.2) is 12.1 Å². The number of halogens is 1. The summed E-state index contributed by atoms with van der Waals surface area (Å²) < 4.78 is 11.1. The number of hydrogen-bond donors (Lipinski definition) is 0. The molecule has 4 rings (SSSR count). The van der Waals surface area contributed by atoms with Crippen LogP contribution in [0.25, 0.3) is 33.3 Å². The molecule has 2 aromatic carbocycles. The molecule has 4 heteroatoms. The summed E-state index contributed by atoms with van der Waals surface area (Å²) in [4.78, 5) is 4.49. The Hall–Kier alpha value is -2.26. The van der Waals surface area contributed by atoms with Crippen LogP contribution in [0.4, 0.5) is 0 Å². The van der Waals surface area contributed by atoms with Gasteiger partial charge in [-0.15, -0.1) is 0 Å². The number of nitrogens with zero attached hydrogens (tertiary/aromatic N) is 1. The number of methoxy groups -OCH3 is 1. The fourth-order valence-corrected chi connectivity index (χ4v) is 2.81. The summed E-state index contributed by atoms with van der Waals surface area (Å²) in [5.41, 5.74) is 2.43. The maximum atomic E-state index is 6.57. The predicted molar refractivity (Wildman–Crippen MR) is 79.7 cm³/mol. The number of fused-ring (bicyclic) bond motifs is 4. The van der Waals surface area contributed by atoms with Gasteiger partial charge >= 0.3 is 0 Å². The average molecular weight is 284 g/mol. The highest BCUT2D eigenvalue weighted by molar-refractivity contribution is 6.39. The van der Waals surface area contributed by atoms with Gasteiger partial charge in [0.15, 0.2) is 0 Å². The second kappa shape index (κ2) is 4.12. The highest BCUT2D eigenvalue weighted by Gasteiger charge is 2.20. The normalized spacial score (nSPS) is 11.5. The minimum Gasteiger partial charge on any atom is -0.497 e. The number of hydrogen-bond acceptors (Lipinski definition) is 3. The highest BCUT2D eigenvalue weighted by atomic mass is 35.5. The van der Waals surface area contributed by atoms with Crippen molar-refractivity contribution >= 4 is 33.5 Å². The van der Waals surface area contributed by atoms with Crippen LogP contribution in [0.5, 0.6) is 5.75 Å². The summed E-state index contributed by atoms with van der Waals surface area (Å²) in [7, 11) is 1.63. The van der Waals surface area contributed by atoms with E-state index >= 15 is 0 Å². The van der Waals surface area contributed by atoms with Crippen LogP contribution in [0.3, 0.4) is 0 Å². The zero-order chi connectivity index (χ0) is 13.7. The van der Waals surface area contributed by atoms with Crippen molar-refractivity contribution in [2.75, 3.05) is 7.11 Å². The molecule has 0 saturated carbocycles. The van der Waals surface area contributed by atoms with Gasteiger partial charge in [-0.1, -0.05) is 29.8 Å². The van der Waals surface area contributed by atoms with Crippen LogP contribution in [0.15, 0.2) is 46.9 Å². The van der Waals surface area contributed by atoms with Crippen molar-refractivity contribution < 1.29 is 9.15 Å². The van der Waals surface area contributed by atoms with Crippen LogP contribution in [-0.2, 0) is 0 Å². The zero-order valence-corrected chi connectivity index (χ0v) is 11.4. The third-order valence-electron chi connectivity index (χ3n) is 3.46. The van der Waals surface area contributed by atoms with Gasteiger partial charge in [0.05, 0.1) is 23.2 Å². The van der Waals surface area contributed by atoms with Gasteiger partial charge in [0.1, 0.15) is 11.3 Å². The summed E-state index contributed by atoms with van der Waals surface area (Å²) in [6.45, 7) is 0. The Morgan fingerprint density at radius 3 is 2.80 bits per heavy atom. The second-order valence-electron chi connectivity index (χ2n) is 4.59.